The summed E-state index contributed by atoms with van der Waals surface area (Å²) in [7, 11) is 0. The number of nitrogens with zero attached hydrogens (tertiary/aromatic N) is 4. The van der Waals surface area contributed by atoms with Crippen LogP contribution in [0.25, 0.3) is 10.2 Å². The van der Waals surface area contributed by atoms with Gasteiger partial charge >= 0.3 is 0 Å². The molecular weight excluding hydrogens is 376 g/mol. The van der Waals surface area contributed by atoms with E-state index < -0.39 is 0 Å². The van der Waals surface area contributed by atoms with E-state index in [1.807, 2.05) is 11.8 Å². The molecule has 7 nitrogen and oxygen atoms in total. The average Bonchev–Trinajstić information content (AvgIpc) is 3.43. The summed E-state index contributed by atoms with van der Waals surface area (Å²) in [6, 6.07) is 0. The molecule has 0 bridgehead atoms. The zero-order valence-corrected chi connectivity index (χ0v) is 17.1. The van der Waals surface area contributed by atoms with E-state index in [0.717, 1.165) is 87.8 Å². The lowest BCUT2D eigenvalue weighted by Crippen LogP contribution is -2.50. The van der Waals surface area contributed by atoms with Crippen molar-refractivity contribution >= 4 is 27.5 Å². The van der Waals surface area contributed by atoms with Gasteiger partial charge < -0.3 is 9.64 Å². The minimum absolute atomic E-state index is 0.0201. The predicted octanol–water partition coefficient (Wildman–Crippen LogP) is 1.65. The van der Waals surface area contributed by atoms with Crippen molar-refractivity contribution in [2.24, 2.45) is 0 Å². The highest BCUT2D eigenvalue weighted by molar-refractivity contribution is 7.20. The number of fused-ring (bicyclic) bond motifs is 2. The second kappa shape index (κ2) is 7.24. The van der Waals surface area contributed by atoms with Gasteiger partial charge in [0, 0.05) is 52.3 Å². The predicted molar refractivity (Wildman–Crippen MR) is 108 cm³/mol. The van der Waals surface area contributed by atoms with E-state index in [2.05, 4.69) is 9.88 Å². The fraction of sp³-hybridized carbons (Fsp3) is 0.650. The average molecular weight is 403 g/mol. The summed E-state index contributed by atoms with van der Waals surface area (Å²) in [5, 5.41) is 0.635. The summed E-state index contributed by atoms with van der Waals surface area (Å²) in [5.41, 5.74) is 0.818. The number of rotatable bonds is 3. The van der Waals surface area contributed by atoms with Crippen LogP contribution >= 0.6 is 11.3 Å². The monoisotopic (exact) mass is 402 g/mol. The first kappa shape index (κ1) is 18.3. The molecule has 2 fully saturated rings. The van der Waals surface area contributed by atoms with Crippen LogP contribution in [0.4, 0.5) is 0 Å². The van der Waals surface area contributed by atoms with Crippen LogP contribution in [0.15, 0.2) is 4.79 Å². The Hall–Kier alpha value is -1.77. The van der Waals surface area contributed by atoms with E-state index in [9.17, 15) is 9.59 Å². The molecule has 2 aromatic heterocycles. The number of carbonyl (C=O) groups excluding carboxylic acids is 1. The van der Waals surface area contributed by atoms with Crippen LogP contribution in [0.2, 0.25) is 0 Å². The van der Waals surface area contributed by atoms with Crippen molar-refractivity contribution in [1.29, 1.82) is 0 Å². The molecule has 2 aromatic rings. The van der Waals surface area contributed by atoms with Gasteiger partial charge in [-0.2, -0.15) is 0 Å². The van der Waals surface area contributed by atoms with Gasteiger partial charge in [-0.15, -0.1) is 11.3 Å². The SMILES string of the molecule is Cc1c(C(=O)N2CCN(CC3CCCO3)CC2)sc2nc3n(c(=O)c12)CCC3. The van der Waals surface area contributed by atoms with Crippen molar-refractivity contribution in [1.82, 2.24) is 19.4 Å². The summed E-state index contributed by atoms with van der Waals surface area (Å²) >= 11 is 1.38. The lowest BCUT2D eigenvalue weighted by Gasteiger charge is -2.35. The maximum Gasteiger partial charge on any atom is 0.264 e. The number of aryl methyl sites for hydroxylation is 2. The second-order valence-electron chi connectivity index (χ2n) is 8.05. The van der Waals surface area contributed by atoms with E-state index in [-0.39, 0.29) is 11.5 Å². The maximum absolute atomic E-state index is 13.2. The minimum Gasteiger partial charge on any atom is -0.377 e. The van der Waals surface area contributed by atoms with Gasteiger partial charge in [0.25, 0.3) is 11.5 Å². The van der Waals surface area contributed by atoms with Crippen molar-refractivity contribution in [3.05, 3.63) is 26.6 Å². The highest BCUT2D eigenvalue weighted by Gasteiger charge is 2.29. The van der Waals surface area contributed by atoms with Crippen LogP contribution in [0.5, 0.6) is 0 Å². The number of thiophene rings is 1. The molecule has 28 heavy (non-hydrogen) atoms. The fourth-order valence-corrected chi connectivity index (χ4v) is 5.79. The molecule has 0 aliphatic carbocycles. The Morgan fingerprint density at radius 3 is 2.79 bits per heavy atom. The Morgan fingerprint density at radius 1 is 1.21 bits per heavy atom. The molecule has 0 saturated carbocycles. The van der Waals surface area contributed by atoms with Crippen LogP contribution in [0.1, 0.15) is 40.3 Å². The Labute approximate surface area is 167 Å². The molecular formula is C20H26N4O3S. The number of amides is 1. The third kappa shape index (κ3) is 3.07. The van der Waals surface area contributed by atoms with E-state index in [0.29, 0.717) is 16.4 Å². The van der Waals surface area contributed by atoms with Gasteiger partial charge in [-0.3, -0.25) is 19.1 Å². The lowest BCUT2D eigenvalue weighted by molar-refractivity contribution is 0.0435. The zero-order valence-electron chi connectivity index (χ0n) is 16.3. The number of hydrogen-bond donors (Lipinski definition) is 0. The Kier molecular flexibility index (Phi) is 4.72. The molecule has 1 amide bonds. The van der Waals surface area contributed by atoms with Crippen molar-refractivity contribution in [3.8, 4) is 0 Å². The van der Waals surface area contributed by atoms with Crippen LogP contribution in [0, 0.1) is 6.92 Å². The summed E-state index contributed by atoms with van der Waals surface area (Å²) in [5.74, 6) is 0.905. The number of aromatic nitrogens is 2. The van der Waals surface area contributed by atoms with Gasteiger partial charge in [0.2, 0.25) is 0 Å². The van der Waals surface area contributed by atoms with E-state index in [1.54, 1.807) is 4.57 Å². The Balaban J connectivity index is 1.33. The summed E-state index contributed by atoms with van der Waals surface area (Å²) in [6.45, 7) is 7.69. The van der Waals surface area contributed by atoms with Crippen LogP contribution in [-0.4, -0.2) is 70.7 Å². The zero-order chi connectivity index (χ0) is 19.3. The van der Waals surface area contributed by atoms with Gasteiger partial charge in [-0.25, -0.2) is 4.98 Å². The quantitative estimate of drug-likeness (QED) is 0.781. The van der Waals surface area contributed by atoms with E-state index in [4.69, 9.17) is 4.74 Å². The molecule has 5 heterocycles. The standard InChI is InChI=1S/C20H26N4O3S/c1-13-16-18(21-15-5-2-6-24(15)19(16)25)28-17(13)20(26)23-9-7-22(8-10-23)12-14-4-3-11-27-14/h14H,2-12H2,1H3. The first-order valence-electron chi connectivity index (χ1n) is 10.3. The number of ether oxygens (including phenoxy) is 1. The maximum atomic E-state index is 13.2. The van der Waals surface area contributed by atoms with Crippen LogP contribution < -0.4 is 5.56 Å². The smallest absolute Gasteiger partial charge is 0.264 e. The molecule has 1 atom stereocenters. The molecule has 2 saturated heterocycles. The first-order chi connectivity index (χ1) is 13.6. The normalized spacial score (nSPS) is 22.9. The molecule has 0 aromatic carbocycles. The van der Waals surface area contributed by atoms with Gasteiger partial charge in [0.1, 0.15) is 10.7 Å². The van der Waals surface area contributed by atoms with Gasteiger partial charge in [-0.1, -0.05) is 0 Å². The van der Waals surface area contributed by atoms with E-state index in [1.165, 1.54) is 11.3 Å². The fourth-order valence-electron chi connectivity index (χ4n) is 4.63. The van der Waals surface area contributed by atoms with Gasteiger partial charge in [0.05, 0.1) is 16.4 Å². The lowest BCUT2D eigenvalue weighted by atomic mass is 10.1. The highest BCUT2D eigenvalue weighted by atomic mass is 32.1. The van der Waals surface area contributed by atoms with Crippen molar-refractivity contribution < 1.29 is 9.53 Å². The summed E-state index contributed by atoms with van der Waals surface area (Å²) < 4.78 is 7.51. The van der Waals surface area contributed by atoms with Crippen molar-refractivity contribution in [2.75, 3.05) is 39.3 Å². The highest BCUT2D eigenvalue weighted by Crippen LogP contribution is 2.30. The molecule has 3 aliphatic heterocycles. The van der Waals surface area contributed by atoms with Crippen molar-refractivity contribution in [3.63, 3.8) is 0 Å². The number of carbonyl (C=O) groups is 1. The molecule has 5 rings (SSSR count). The Bertz CT molecular complexity index is 968. The third-order valence-corrected chi connectivity index (χ3v) is 7.42. The largest absolute Gasteiger partial charge is 0.377 e. The summed E-state index contributed by atoms with van der Waals surface area (Å²) in [4.78, 5) is 36.4. The summed E-state index contributed by atoms with van der Waals surface area (Å²) in [6.07, 6.45) is 4.48. The number of piperazine rings is 1. The van der Waals surface area contributed by atoms with E-state index >= 15 is 0 Å². The van der Waals surface area contributed by atoms with Crippen LogP contribution in [-0.2, 0) is 17.7 Å². The van der Waals surface area contributed by atoms with Crippen molar-refractivity contribution in [2.45, 2.75) is 45.3 Å². The molecule has 1 unspecified atom stereocenters. The first-order valence-corrected chi connectivity index (χ1v) is 11.1. The topological polar surface area (TPSA) is 67.7 Å². The second-order valence-corrected chi connectivity index (χ2v) is 9.05. The number of hydrogen-bond acceptors (Lipinski definition) is 6. The van der Waals surface area contributed by atoms with Crippen LogP contribution in [0.3, 0.4) is 0 Å². The molecule has 0 N–H and O–H groups in total. The third-order valence-electron chi connectivity index (χ3n) is 6.25. The molecule has 150 valence electrons. The molecule has 0 spiro atoms. The Morgan fingerprint density at radius 2 is 2.04 bits per heavy atom. The molecule has 8 heteroatoms. The molecule has 0 radical (unpaired) electrons. The minimum atomic E-state index is 0.0201. The van der Waals surface area contributed by atoms with Gasteiger partial charge in [0.15, 0.2) is 0 Å². The molecule has 3 aliphatic rings. The van der Waals surface area contributed by atoms with Gasteiger partial charge in [-0.05, 0) is 31.7 Å².